The Morgan fingerprint density at radius 1 is 0.380 bits per heavy atom. The molecule has 0 aromatic heterocycles. The molecule has 0 N–H and O–H groups in total. The van der Waals surface area contributed by atoms with Crippen molar-refractivity contribution in [2.24, 2.45) is 23.7 Å². The fourth-order valence-electron chi connectivity index (χ4n) is 7.86. The molecule has 2 aliphatic carbocycles. The highest BCUT2D eigenvalue weighted by Crippen LogP contribution is 2.52. The molecule has 6 aromatic carbocycles. The van der Waals surface area contributed by atoms with Crippen molar-refractivity contribution in [3.05, 3.63) is 182 Å². The molecule has 3 heteroatoms. The van der Waals surface area contributed by atoms with Crippen molar-refractivity contribution in [2.45, 2.75) is 25.7 Å². The second kappa shape index (κ2) is 14.4. The predicted molar refractivity (Wildman–Crippen MR) is 220 cm³/mol. The Morgan fingerprint density at radius 3 is 0.760 bits per heavy atom. The first-order valence-electron chi connectivity index (χ1n) is 18.1. The molecular weight excluding hydrogens is 642 g/mol. The van der Waals surface area contributed by atoms with E-state index in [9.17, 15) is 0 Å². The third-order valence-corrected chi connectivity index (χ3v) is 18.9. The van der Waals surface area contributed by atoms with Crippen molar-refractivity contribution < 1.29 is 4.79 Å². The third-order valence-electron chi connectivity index (χ3n) is 10.7. The van der Waals surface area contributed by atoms with Gasteiger partial charge in [-0.15, -0.1) is 0 Å². The first-order chi connectivity index (χ1) is 24.7. The van der Waals surface area contributed by atoms with E-state index in [-0.39, 0.29) is 11.8 Å². The molecule has 0 saturated heterocycles. The van der Waals surface area contributed by atoms with Gasteiger partial charge < -0.3 is 0 Å². The van der Waals surface area contributed by atoms with Gasteiger partial charge in [0.2, 0.25) is 0 Å². The second-order valence-electron chi connectivity index (χ2n) is 13.9. The Labute approximate surface area is 298 Å². The van der Waals surface area contributed by atoms with Gasteiger partial charge in [-0.25, -0.2) is 0 Å². The van der Waals surface area contributed by atoms with E-state index in [4.69, 9.17) is 0 Å². The predicted octanol–water partition coefficient (Wildman–Crippen LogP) is 8.20. The first kappa shape index (κ1) is 32.8. The van der Waals surface area contributed by atoms with Gasteiger partial charge in [0.05, 0.1) is 0 Å². The van der Waals surface area contributed by atoms with Crippen molar-refractivity contribution in [3.63, 3.8) is 0 Å². The molecule has 6 aromatic rings. The van der Waals surface area contributed by atoms with Gasteiger partial charge in [0.1, 0.15) is 5.78 Å². The average Bonchev–Trinajstić information content (AvgIpc) is 4.14. The number of hydrogen-bond donors (Lipinski definition) is 0. The summed E-state index contributed by atoms with van der Waals surface area (Å²) in [4.78, 5) is 15.7. The maximum absolute atomic E-state index is 15.7. The highest BCUT2D eigenvalue weighted by atomic mass is 31.2. The van der Waals surface area contributed by atoms with E-state index in [0.717, 1.165) is 25.7 Å². The zero-order valence-electron chi connectivity index (χ0n) is 28.4. The lowest BCUT2D eigenvalue weighted by Gasteiger charge is -2.33. The number of carbonyl (C=O) groups excluding carboxylic acids is 1. The number of hydrogen-bond acceptors (Lipinski definition) is 1. The summed E-state index contributed by atoms with van der Waals surface area (Å²) in [5.74, 6) is 6.10. The van der Waals surface area contributed by atoms with Crippen LogP contribution in [0, 0.1) is 23.7 Å². The number of carbonyl (C=O) groups is 1. The standard InChI is InChI=1S/C47H44OP2/c48-47(45(37-31-32-37)35-49(39-19-7-1-8-20-39,40-21-9-2-10-22-40)41-23-11-3-12-24-41)46(38-33-34-38)36-50(42-25-13-4-14-26-42,43-27-15-5-16-28-43)44-29-17-6-18-30-44/h1-30,35-38,45-46H,31-34H2. The molecule has 2 saturated carbocycles. The molecule has 0 bridgehead atoms. The molecule has 2 aliphatic rings. The van der Waals surface area contributed by atoms with Crippen LogP contribution in [0.5, 0.6) is 0 Å². The summed E-state index contributed by atoms with van der Waals surface area (Å²) in [6, 6.07) is 66.1. The van der Waals surface area contributed by atoms with Crippen LogP contribution in [0.1, 0.15) is 25.7 Å². The Morgan fingerprint density at radius 2 is 0.580 bits per heavy atom. The minimum atomic E-state index is -2.30. The molecule has 2 unspecified atom stereocenters. The summed E-state index contributed by atoms with van der Waals surface area (Å²) in [5, 5.41) is 7.85. The highest BCUT2D eigenvalue weighted by molar-refractivity contribution is 7.95. The molecule has 0 radical (unpaired) electrons. The minimum Gasteiger partial charge on any atom is -0.298 e. The Hall–Kier alpha value is -4.41. The van der Waals surface area contributed by atoms with Crippen molar-refractivity contribution >= 4 is 63.0 Å². The summed E-state index contributed by atoms with van der Waals surface area (Å²) in [6.07, 6.45) is 4.44. The largest absolute Gasteiger partial charge is 0.298 e. The summed E-state index contributed by atoms with van der Waals surface area (Å²) in [5.41, 5.74) is 0. The second-order valence-corrected chi connectivity index (χ2v) is 20.5. The van der Waals surface area contributed by atoms with Crippen LogP contribution in [-0.2, 0) is 4.79 Å². The van der Waals surface area contributed by atoms with Crippen LogP contribution in [0.3, 0.4) is 0 Å². The fraction of sp³-hybridized carbons (Fsp3) is 0.170. The number of rotatable bonds is 12. The molecular formula is C47H44OP2. The smallest absolute Gasteiger partial charge is 0.147 e. The average molecular weight is 687 g/mol. The maximum atomic E-state index is 15.7. The van der Waals surface area contributed by atoms with Crippen LogP contribution < -0.4 is 31.8 Å². The summed E-state index contributed by atoms with van der Waals surface area (Å²) in [6.45, 7) is -4.61. The fourth-order valence-corrected chi connectivity index (χ4v) is 16.3. The molecule has 0 heterocycles. The van der Waals surface area contributed by atoms with Crippen molar-refractivity contribution in [2.75, 3.05) is 0 Å². The molecule has 248 valence electrons. The van der Waals surface area contributed by atoms with Gasteiger partial charge in [-0.2, -0.15) is 0 Å². The Balaban J connectivity index is 1.39. The summed E-state index contributed by atoms with van der Waals surface area (Å²) in [7, 11) is 0. The van der Waals surface area contributed by atoms with E-state index in [1.807, 2.05) is 0 Å². The van der Waals surface area contributed by atoms with Gasteiger partial charge in [0.25, 0.3) is 0 Å². The topological polar surface area (TPSA) is 17.1 Å². The van der Waals surface area contributed by atoms with Gasteiger partial charge >= 0.3 is 0 Å². The molecule has 0 amide bonds. The molecule has 1 nitrogen and oxygen atoms in total. The lowest BCUT2D eigenvalue weighted by Crippen LogP contribution is -2.36. The van der Waals surface area contributed by atoms with Crippen LogP contribution in [0.15, 0.2) is 182 Å². The van der Waals surface area contributed by atoms with Crippen LogP contribution >= 0.6 is 13.8 Å². The molecule has 2 atom stereocenters. The SMILES string of the molecule is O=C(C(C=P(c1ccccc1)(c1ccccc1)c1ccccc1)C1CC1)C(C=P(c1ccccc1)(c1ccccc1)c1ccccc1)C1CC1. The van der Waals surface area contributed by atoms with E-state index in [2.05, 4.69) is 194 Å². The summed E-state index contributed by atoms with van der Waals surface area (Å²) >= 11 is 0. The van der Waals surface area contributed by atoms with Gasteiger partial charge in [-0.1, -0.05) is 194 Å². The van der Waals surface area contributed by atoms with E-state index >= 15 is 4.79 Å². The molecule has 2 fully saturated rings. The molecule has 0 aliphatic heterocycles. The van der Waals surface area contributed by atoms with E-state index in [1.165, 1.54) is 31.8 Å². The monoisotopic (exact) mass is 686 g/mol. The quantitative estimate of drug-likeness (QED) is 0.119. The van der Waals surface area contributed by atoms with E-state index in [0.29, 0.717) is 17.6 Å². The van der Waals surface area contributed by atoms with Gasteiger partial charge in [0, 0.05) is 11.8 Å². The molecule has 50 heavy (non-hydrogen) atoms. The Kier molecular flexibility index (Phi) is 9.47. The first-order valence-corrected chi connectivity index (χ1v) is 21.8. The number of benzene rings is 6. The highest BCUT2D eigenvalue weighted by Gasteiger charge is 2.45. The maximum Gasteiger partial charge on any atom is 0.147 e. The van der Waals surface area contributed by atoms with Crippen molar-refractivity contribution in [1.29, 1.82) is 0 Å². The zero-order valence-corrected chi connectivity index (χ0v) is 30.2. The molecule has 8 rings (SSSR count). The van der Waals surface area contributed by atoms with E-state index in [1.54, 1.807) is 0 Å². The van der Waals surface area contributed by atoms with Crippen molar-refractivity contribution in [1.82, 2.24) is 0 Å². The third kappa shape index (κ3) is 6.35. The van der Waals surface area contributed by atoms with Gasteiger partial charge in [0.15, 0.2) is 0 Å². The van der Waals surface area contributed by atoms with Crippen LogP contribution in [0.2, 0.25) is 0 Å². The van der Waals surface area contributed by atoms with Crippen molar-refractivity contribution in [3.8, 4) is 0 Å². The van der Waals surface area contributed by atoms with Crippen LogP contribution in [0.25, 0.3) is 0 Å². The number of Topliss-reactive ketones (excluding diaryl/α,β-unsaturated/α-hetero) is 1. The lowest BCUT2D eigenvalue weighted by atomic mass is 9.89. The Bertz CT molecular complexity index is 1770. The lowest BCUT2D eigenvalue weighted by molar-refractivity contribution is -0.123. The van der Waals surface area contributed by atoms with Crippen LogP contribution in [0.4, 0.5) is 0 Å². The van der Waals surface area contributed by atoms with E-state index < -0.39 is 13.8 Å². The van der Waals surface area contributed by atoms with Gasteiger partial charge in [-0.3, -0.25) is 4.79 Å². The van der Waals surface area contributed by atoms with Gasteiger partial charge in [-0.05, 0) is 83.1 Å². The van der Waals surface area contributed by atoms with Crippen LogP contribution in [-0.4, -0.2) is 17.4 Å². The number of ketones is 1. The minimum absolute atomic E-state index is 0.130. The molecule has 0 spiro atoms. The summed E-state index contributed by atoms with van der Waals surface area (Å²) < 4.78 is 0. The zero-order chi connectivity index (χ0) is 33.8. The normalized spacial score (nSPS) is 15.8.